The monoisotopic (exact) mass is 239 g/mol. The summed E-state index contributed by atoms with van der Waals surface area (Å²) in [5.74, 6) is 3.01. The van der Waals surface area contributed by atoms with Gasteiger partial charge >= 0.3 is 0 Å². The van der Waals surface area contributed by atoms with Crippen LogP contribution in [0.25, 0.3) is 0 Å². The molecule has 16 heavy (non-hydrogen) atoms. The van der Waals surface area contributed by atoms with Crippen LogP contribution >= 0.6 is 11.8 Å². The van der Waals surface area contributed by atoms with Crippen molar-refractivity contribution in [1.29, 1.82) is 0 Å². The Morgan fingerprint density at radius 2 is 2.12 bits per heavy atom. The van der Waals surface area contributed by atoms with E-state index in [1.807, 2.05) is 16.4 Å². The lowest BCUT2D eigenvalue weighted by molar-refractivity contribution is 0.345. The summed E-state index contributed by atoms with van der Waals surface area (Å²) >= 11 is 1.87. The summed E-state index contributed by atoms with van der Waals surface area (Å²) in [6.45, 7) is 10.7. The largest absolute Gasteiger partial charge is 0.244 e. The Morgan fingerprint density at radius 3 is 2.69 bits per heavy atom. The van der Waals surface area contributed by atoms with Crippen molar-refractivity contribution in [3.8, 4) is 0 Å². The van der Waals surface area contributed by atoms with Crippen molar-refractivity contribution in [2.75, 3.05) is 5.75 Å². The van der Waals surface area contributed by atoms with Crippen LogP contribution in [-0.4, -0.2) is 20.5 Å². The van der Waals surface area contributed by atoms with Crippen LogP contribution in [-0.2, 0) is 11.3 Å². The molecule has 0 aliphatic heterocycles. The molecule has 1 aromatic heterocycles. The van der Waals surface area contributed by atoms with E-state index in [2.05, 4.69) is 50.8 Å². The first-order chi connectivity index (χ1) is 7.41. The third-order valence-electron chi connectivity index (χ3n) is 2.09. The minimum absolute atomic E-state index is 0.0168. The van der Waals surface area contributed by atoms with Crippen LogP contribution < -0.4 is 0 Å². The SMILES string of the molecule is CC(C)=CCSCc1ncnn1C(C)(C)C. The summed E-state index contributed by atoms with van der Waals surface area (Å²) in [4.78, 5) is 4.31. The van der Waals surface area contributed by atoms with Crippen molar-refractivity contribution in [1.82, 2.24) is 14.8 Å². The minimum atomic E-state index is 0.0168. The predicted octanol–water partition coefficient (Wildman–Crippen LogP) is 3.23. The molecule has 0 aliphatic carbocycles. The van der Waals surface area contributed by atoms with Gasteiger partial charge in [-0.15, -0.1) is 11.8 Å². The maximum absolute atomic E-state index is 4.31. The molecule has 0 saturated heterocycles. The normalized spacial score (nSPS) is 11.6. The molecule has 0 atom stereocenters. The molecule has 0 amide bonds. The molecular weight excluding hydrogens is 218 g/mol. The molecule has 0 aromatic carbocycles. The van der Waals surface area contributed by atoms with Gasteiger partial charge in [-0.1, -0.05) is 11.6 Å². The zero-order chi connectivity index (χ0) is 12.2. The van der Waals surface area contributed by atoms with Gasteiger partial charge in [0, 0.05) is 5.75 Å². The molecule has 0 aliphatic rings. The van der Waals surface area contributed by atoms with Gasteiger partial charge < -0.3 is 0 Å². The molecule has 90 valence electrons. The average Bonchev–Trinajstić information content (AvgIpc) is 2.59. The van der Waals surface area contributed by atoms with Gasteiger partial charge in [0.25, 0.3) is 0 Å². The van der Waals surface area contributed by atoms with Crippen LogP contribution in [0, 0.1) is 0 Å². The first-order valence-corrected chi connectivity index (χ1v) is 6.67. The lowest BCUT2D eigenvalue weighted by Gasteiger charge is -2.20. The number of hydrogen-bond donors (Lipinski definition) is 0. The fourth-order valence-electron chi connectivity index (χ4n) is 1.30. The van der Waals surface area contributed by atoms with Crippen LogP contribution in [0.5, 0.6) is 0 Å². The molecule has 3 nitrogen and oxygen atoms in total. The Morgan fingerprint density at radius 1 is 1.44 bits per heavy atom. The Balaban J connectivity index is 2.55. The summed E-state index contributed by atoms with van der Waals surface area (Å²) in [6, 6.07) is 0. The standard InChI is InChI=1S/C12H21N3S/c1-10(2)6-7-16-8-11-13-9-14-15(11)12(3,4)5/h6,9H,7-8H2,1-5H3. The molecule has 0 spiro atoms. The molecule has 1 heterocycles. The lowest BCUT2D eigenvalue weighted by atomic mass is 10.1. The van der Waals surface area contributed by atoms with Crippen LogP contribution in [0.2, 0.25) is 0 Å². The second-order valence-corrected chi connectivity index (χ2v) is 6.09. The van der Waals surface area contributed by atoms with Crippen molar-refractivity contribution >= 4 is 11.8 Å². The minimum Gasteiger partial charge on any atom is -0.244 e. The third kappa shape index (κ3) is 4.00. The fourth-order valence-corrected chi connectivity index (χ4v) is 2.25. The van der Waals surface area contributed by atoms with E-state index in [1.165, 1.54) is 5.57 Å². The first kappa shape index (κ1) is 13.3. The van der Waals surface area contributed by atoms with E-state index in [0.717, 1.165) is 17.3 Å². The highest BCUT2D eigenvalue weighted by Crippen LogP contribution is 2.18. The summed E-state index contributed by atoms with van der Waals surface area (Å²) in [5, 5.41) is 4.28. The number of allylic oxidation sites excluding steroid dienone is 1. The predicted molar refractivity (Wildman–Crippen MR) is 70.6 cm³/mol. The molecule has 0 unspecified atom stereocenters. The Labute approximate surface area is 102 Å². The van der Waals surface area contributed by atoms with E-state index < -0.39 is 0 Å². The van der Waals surface area contributed by atoms with E-state index in [9.17, 15) is 0 Å². The second kappa shape index (κ2) is 5.53. The topological polar surface area (TPSA) is 30.7 Å². The molecule has 0 saturated carbocycles. The van der Waals surface area contributed by atoms with E-state index in [-0.39, 0.29) is 5.54 Å². The molecule has 1 aromatic rings. The zero-order valence-corrected chi connectivity index (χ0v) is 11.6. The maximum Gasteiger partial charge on any atom is 0.138 e. The number of hydrogen-bond acceptors (Lipinski definition) is 3. The van der Waals surface area contributed by atoms with E-state index in [4.69, 9.17) is 0 Å². The molecule has 4 heteroatoms. The quantitative estimate of drug-likeness (QED) is 0.597. The molecule has 0 fully saturated rings. The molecule has 1 rings (SSSR count). The fraction of sp³-hybridized carbons (Fsp3) is 0.667. The van der Waals surface area contributed by atoms with Gasteiger partial charge in [0.05, 0.1) is 11.3 Å². The van der Waals surface area contributed by atoms with E-state index >= 15 is 0 Å². The van der Waals surface area contributed by atoms with Gasteiger partial charge in [-0.2, -0.15) is 5.10 Å². The van der Waals surface area contributed by atoms with Crippen LogP contribution in [0.4, 0.5) is 0 Å². The zero-order valence-electron chi connectivity index (χ0n) is 10.8. The van der Waals surface area contributed by atoms with Gasteiger partial charge in [-0.25, -0.2) is 9.67 Å². The van der Waals surface area contributed by atoms with Crippen molar-refractivity contribution in [3.63, 3.8) is 0 Å². The van der Waals surface area contributed by atoms with Gasteiger partial charge in [0.1, 0.15) is 12.2 Å². The van der Waals surface area contributed by atoms with Gasteiger partial charge in [0.15, 0.2) is 0 Å². The van der Waals surface area contributed by atoms with Crippen LogP contribution in [0.15, 0.2) is 18.0 Å². The maximum atomic E-state index is 4.31. The van der Waals surface area contributed by atoms with Crippen molar-refractivity contribution in [3.05, 3.63) is 23.8 Å². The molecule has 0 radical (unpaired) electrons. The van der Waals surface area contributed by atoms with Crippen LogP contribution in [0.1, 0.15) is 40.4 Å². The average molecular weight is 239 g/mol. The Kier molecular flexibility index (Phi) is 4.59. The van der Waals surface area contributed by atoms with Crippen molar-refractivity contribution in [2.24, 2.45) is 0 Å². The second-order valence-electron chi connectivity index (χ2n) is 5.06. The highest BCUT2D eigenvalue weighted by Gasteiger charge is 2.17. The molecular formula is C12H21N3S. The number of nitrogens with zero attached hydrogens (tertiary/aromatic N) is 3. The van der Waals surface area contributed by atoms with E-state index in [1.54, 1.807) is 6.33 Å². The number of aromatic nitrogens is 3. The summed E-state index contributed by atoms with van der Waals surface area (Å²) in [7, 11) is 0. The summed E-state index contributed by atoms with van der Waals surface area (Å²) < 4.78 is 2.00. The first-order valence-electron chi connectivity index (χ1n) is 5.52. The van der Waals surface area contributed by atoms with Crippen molar-refractivity contribution < 1.29 is 0 Å². The van der Waals surface area contributed by atoms with Gasteiger partial charge in [-0.05, 0) is 34.6 Å². The summed E-state index contributed by atoms with van der Waals surface area (Å²) in [5.41, 5.74) is 1.38. The van der Waals surface area contributed by atoms with Gasteiger partial charge in [-0.3, -0.25) is 0 Å². The highest BCUT2D eigenvalue weighted by molar-refractivity contribution is 7.98. The molecule has 0 bridgehead atoms. The third-order valence-corrected chi connectivity index (χ3v) is 2.96. The Hall–Kier alpha value is -0.770. The highest BCUT2D eigenvalue weighted by atomic mass is 32.2. The van der Waals surface area contributed by atoms with Gasteiger partial charge in [0.2, 0.25) is 0 Å². The smallest absolute Gasteiger partial charge is 0.138 e. The van der Waals surface area contributed by atoms with Crippen LogP contribution in [0.3, 0.4) is 0 Å². The van der Waals surface area contributed by atoms with E-state index in [0.29, 0.717) is 0 Å². The number of rotatable bonds is 4. The lowest BCUT2D eigenvalue weighted by Crippen LogP contribution is -2.25. The summed E-state index contributed by atoms with van der Waals surface area (Å²) in [6.07, 6.45) is 3.88. The Bertz CT molecular complexity index is 357. The van der Waals surface area contributed by atoms with Crippen molar-refractivity contribution in [2.45, 2.75) is 45.9 Å². The number of thioether (sulfide) groups is 1. The molecule has 0 N–H and O–H groups in total.